The van der Waals surface area contributed by atoms with Gasteiger partial charge in [0, 0.05) is 24.8 Å². The summed E-state index contributed by atoms with van der Waals surface area (Å²) < 4.78 is 28.4. The highest BCUT2D eigenvalue weighted by atomic mass is 19.3. The molecule has 1 aromatic carbocycles. The van der Waals surface area contributed by atoms with Crippen molar-refractivity contribution < 1.29 is 23.4 Å². The number of aliphatic hydroxyl groups excluding tert-OH is 1. The molecule has 0 aromatic heterocycles. The number of carbonyl (C=O) groups is 1. The SMILES string of the molecule is O=C(Nc1cccc(OC(F)F)c1)N1CC[C@@H](O)C1. The van der Waals surface area contributed by atoms with Gasteiger partial charge in [0.25, 0.3) is 0 Å². The normalized spacial score (nSPS) is 18.7. The summed E-state index contributed by atoms with van der Waals surface area (Å²) in [6, 6.07) is 5.40. The molecule has 0 unspecified atom stereocenters. The number of likely N-dealkylation sites (tertiary alicyclic amines) is 1. The Bertz CT molecular complexity index is 456. The van der Waals surface area contributed by atoms with Crippen molar-refractivity contribution in [3.05, 3.63) is 24.3 Å². The molecule has 2 rings (SSSR count). The fraction of sp³-hybridized carbons (Fsp3) is 0.417. The topological polar surface area (TPSA) is 61.8 Å². The van der Waals surface area contributed by atoms with Crippen molar-refractivity contribution in [1.29, 1.82) is 0 Å². The van der Waals surface area contributed by atoms with Crippen molar-refractivity contribution >= 4 is 11.7 Å². The zero-order valence-corrected chi connectivity index (χ0v) is 10.1. The van der Waals surface area contributed by atoms with Crippen LogP contribution in [0.1, 0.15) is 6.42 Å². The molecule has 1 fully saturated rings. The minimum atomic E-state index is -2.90. The maximum atomic E-state index is 12.1. The Morgan fingerprint density at radius 2 is 2.32 bits per heavy atom. The van der Waals surface area contributed by atoms with E-state index < -0.39 is 12.7 Å². The summed E-state index contributed by atoms with van der Waals surface area (Å²) in [5, 5.41) is 11.9. The van der Waals surface area contributed by atoms with Crippen LogP contribution in [-0.4, -0.2) is 41.8 Å². The molecule has 1 aliphatic heterocycles. The van der Waals surface area contributed by atoms with E-state index >= 15 is 0 Å². The van der Waals surface area contributed by atoms with Crippen LogP contribution in [0.2, 0.25) is 0 Å². The molecule has 0 radical (unpaired) electrons. The smallest absolute Gasteiger partial charge is 0.387 e. The van der Waals surface area contributed by atoms with Gasteiger partial charge < -0.3 is 20.1 Å². The van der Waals surface area contributed by atoms with E-state index in [-0.39, 0.29) is 18.3 Å². The monoisotopic (exact) mass is 272 g/mol. The molecule has 104 valence electrons. The number of β-amino-alcohol motifs (C(OH)–C–C–N with tert-alkyl or cyclic N) is 1. The van der Waals surface area contributed by atoms with E-state index in [1.54, 1.807) is 6.07 Å². The predicted molar refractivity (Wildman–Crippen MR) is 64.3 cm³/mol. The Kier molecular flexibility index (Phi) is 4.16. The van der Waals surface area contributed by atoms with Crippen LogP contribution in [0.15, 0.2) is 24.3 Å². The number of nitrogens with zero attached hydrogens (tertiary/aromatic N) is 1. The van der Waals surface area contributed by atoms with Crippen LogP contribution in [0.4, 0.5) is 19.3 Å². The van der Waals surface area contributed by atoms with Crippen LogP contribution >= 0.6 is 0 Å². The van der Waals surface area contributed by atoms with Crippen molar-refractivity contribution in [2.24, 2.45) is 0 Å². The minimum absolute atomic E-state index is 0.0192. The van der Waals surface area contributed by atoms with Crippen LogP contribution in [-0.2, 0) is 0 Å². The number of nitrogens with one attached hydrogen (secondary N) is 1. The standard InChI is InChI=1S/C12H14F2N2O3/c13-11(14)19-10-3-1-2-8(6-10)15-12(18)16-5-4-9(17)7-16/h1-3,6,9,11,17H,4-5,7H2,(H,15,18)/t9-/m1/s1. The zero-order valence-electron chi connectivity index (χ0n) is 10.1. The van der Waals surface area contributed by atoms with E-state index in [2.05, 4.69) is 10.1 Å². The summed E-state index contributed by atoms with van der Waals surface area (Å²) in [4.78, 5) is 13.3. The van der Waals surface area contributed by atoms with Gasteiger partial charge in [-0.3, -0.25) is 0 Å². The lowest BCUT2D eigenvalue weighted by atomic mass is 10.3. The third-order valence-electron chi connectivity index (χ3n) is 2.76. The quantitative estimate of drug-likeness (QED) is 0.883. The molecule has 0 saturated carbocycles. The number of carbonyl (C=O) groups excluding carboxylic acids is 1. The van der Waals surface area contributed by atoms with Gasteiger partial charge >= 0.3 is 12.6 Å². The number of amides is 2. The lowest BCUT2D eigenvalue weighted by molar-refractivity contribution is -0.0497. The average molecular weight is 272 g/mol. The van der Waals surface area contributed by atoms with Gasteiger partial charge in [-0.25, -0.2) is 4.79 Å². The zero-order chi connectivity index (χ0) is 13.8. The molecule has 2 amide bonds. The predicted octanol–water partition coefficient (Wildman–Crippen LogP) is 1.89. The van der Waals surface area contributed by atoms with Gasteiger partial charge in [-0.2, -0.15) is 8.78 Å². The van der Waals surface area contributed by atoms with Crippen molar-refractivity contribution in [3.63, 3.8) is 0 Å². The number of urea groups is 1. The molecule has 1 atom stereocenters. The third-order valence-corrected chi connectivity index (χ3v) is 2.76. The second kappa shape index (κ2) is 5.83. The van der Waals surface area contributed by atoms with Crippen LogP contribution in [0.5, 0.6) is 5.75 Å². The summed E-state index contributed by atoms with van der Waals surface area (Å²) in [7, 11) is 0. The molecule has 7 heteroatoms. The van der Waals surface area contributed by atoms with Crippen LogP contribution in [0.25, 0.3) is 0 Å². The number of anilines is 1. The minimum Gasteiger partial charge on any atom is -0.435 e. The Labute approximate surface area is 108 Å². The van der Waals surface area contributed by atoms with Crippen molar-refractivity contribution in [2.45, 2.75) is 19.1 Å². The fourth-order valence-corrected chi connectivity index (χ4v) is 1.88. The lowest BCUT2D eigenvalue weighted by Gasteiger charge is -2.16. The number of ether oxygens (including phenoxy) is 1. The van der Waals surface area contributed by atoms with E-state index in [9.17, 15) is 18.7 Å². The maximum Gasteiger partial charge on any atom is 0.387 e. The molecule has 0 spiro atoms. The summed E-state index contributed by atoms with van der Waals surface area (Å²) in [5.74, 6) is -0.0192. The number of aliphatic hydroxyl groups is 1. The molecule has 1 aliphatic rings. The molecule has 0 aliphatic carbocycles. The third kappa shape index (κ3) is 3.78. The second-order valence-electron chi connectivity index (χ2n) is 4.23. The summed E-state index contributed by atoms with van der Waals surface area (Å²) >= 11 is 0. The van der Waals surface area contributed by atoms with Gasteiger partial charge in [-0.05, 0) is 18.6 Å². The fourth-order valence-electron chi connectivity index (χ4n) is 1.88. The molecule has 1 heterocycles. The highest BCUT2D eigenvalue weighted by Gasteiger charge is 2.24. The summed E-state index contributed by atoms with van der Waals surface area (Å²) in [5.41, 5.74) is 0.365. The van der Waals surface area contributed by atoms with Gasteiger partial charge in [0.2, 0.25) is 0 Å². The van der Waals surface area contributed by atoms with Gasteiger partial charge in [0.05, 0.1) is 6.10 Å². The second-order valence-corrected chi connectivity index (χ2v) is 4.23. The number of hydrogen-bond acceptors (Lipinski definition) is 3. The summed E-state index contributed by atoms with van der Waals surface area (Å²) in [6.45, 7) is -2.15. The van der Waals surface area contributed by atoms with Crippen molar-refractivity contribution in [2.75, 3.05) is 18.4 Å². The average Bonchev–Trinajstić information content (AvgIpc) is 2.75. The number of alkyl halides is 2. The Balaban J connectivity index is 1.96. The number of halogens is 2. The lowest BCUT2D eigenvalue weighted by Crippen LogP contribution is -2.33. The molecular formula is C12H14F2N2O3. The van der Waals surface area contributed by atoms with Gasteiger partial charge in [-0.1, -0.05) is 6.07 Å². The van der Waals surface area contributed by atoms with E-state index in [0.29, 0.717) is 18.7 Å². The van der Waals surface area contributed by atoms with E-state index in [1.807, 2.05) is 0 Å². The Morgan fingerprint density at radius 1 is 1.53 bits per heavy atom. The molecule has 19 heavy (non-hydrogen) atoms. The number of rotatable bonds is 3. The Hall–Kier alpha value is -1.89. The Morgan fingerprint density at radius 3 is 2.95 bits per heavy atom. The van der Waals surface area contributed by atoms with Crippen molar-refractivity contribution in [1.82, 2.24) is 4.90 Å². The van der Waals surface area contributed by atoms with E-state index in [0.717, 1.165) is 0 Å². The van der Waals surface area contributed by atoms with Crippen LogP contribution < -0.4 is 10.1 Å². The first-order valence-electron chi connectivity index (χ1n) is 5.83. The molecule has 1 aromatic rings. The largest absolute Gasteiger partial charge is 0.435 e. The maximum absolute atomic E-state index is 12.1. The highest BCUT2D eigenvalue weighted by Crippen LogP contribution is 2.20. The molecule has 0 bridgehead atoms. The van der Waals surface area contributed by atoms with Crippen LogP contribution in [0.3, 0.4) is 0 Å². The number of benzene rings is 1. The number of hydrogen-bond donors (Lipinski definition) is 2. The van der Waals surface area contributed by atoms with Gasteiger partial charge in [0.1, 0.15) is 5.75 Å². The first kappa shape index (κ1) is 13.5. The van der Waals surface area contributed by atoms with Crippen LogP contribution in [0, 0.1) is 0 Å². The molecule has 5 nitrogen and oxygen atoms in total. The van der Waals surface area contributed by atoms with Gasteiger partial charge in [-0.15, -0.1) is 0 Å². The first-order chi connectivity index (χ1) is 9.04. The first-order valence-corrected chi connectivity index (χ1v) is 5.83. The highest BCUT2D eigenvalue weighted by molar-refractivity contribution is 5.89. The molecule has 2 N–H and O–H groups in total. The summed E-state index contributed by atoms with van der Waals surface area (Å²) in [6.07, 6.45) is 0.0429. The van der Waals surface area contributed by atoms with E-state index in [4.69, 9.17) is 0 Å². The van der Waals surface area contributed by atoms with E-state index in [1.165, 1.54) is 23.1 Å². The molecule has 1 saturated heterocycles. The van der Waals surface area contributed by atoms with Gasteiger partial charge in [0.15, 0.2) is 0 Å². The van der Waals surface area contributed by atoms with Crippen molar-refractivity contribution in [3.8, 4) is 5.75 Å². The molecular weight excluding hydrogens is 258 g/mol.